The Morgan fingerprint density at radius 2 is 1.41 bits per heavy atom. The van der Waals surface area contributed by atoms with Gasteiger partial charge in [-0.05, 0) is 54.8 Å². The summed E-state index contributed by atoms with van der Waals surface area (Å²) in [5.41, 5.74) is 4.09. The van der Waals surface area contributed by atoms with Gasteiger partial charge >= 0.3 is 5.97 Å². The number of hydrogen-bond acceptors (Lipinski definition) is 4. The van der Waals surface area contributed by atoms with E-state index in [9.17, 15) is 23.8 Å². The Morgan fingerprint density at radius 1 is 0.882 bits per heavy atom. The molecule has 3 aromatic rings. The lowest BCUT2D eigenvalue weighted by atomic mass is 9.83. The first-order valence-corrected chi connectivity index (χ1v) is 11.0. The molecule has 0 saturated carbocycles. The number of aliphatic hydroxyl groups is 2. The lowest BCUT2D eigenvalue weighted by Crippen LogP contribution is -2.26. The number of ether oxygens (including phenoxy) is 1. The molecule has 180 valence electrons. The van der Waals surface area contributed by atoms with Gasteiger partial charge in [-0.3, -0.25) is 4.79 Å². The van der Waals surface area contributed by atoms with Gasteiger partial charge in [0.15, 0.2) is 0 Å². The number of hydrogen-bond donors (Lipinski definition) is 3. The largest absolute Gasteiger partial charge is 0.490 e. The van der Waals surface area contributed by atoms with Gasteiger partial charge in [-0.2, -0.15) is 0 Å². The summed E-state index contributed by atoms with van der Waals surface area (Å²) in [6, 6.07) is 16.0. The van der Waals surface area contributed by atoms with Crippen LogP contribution in [0, 0.1) is 25.5 Å². The average Bonchev–Trinajstić information content (AvgIpc) is 2.75. The van der Waals surface area contributed by atoms with Gasteiger partial charge in [0, 0.05) is 17.9 Å². The number of halogens is 2. The molecule has 3 aromatic carbocycles. The van der Waals surface area contributed by atoms with E-state index < -0.39 is 30.5 Å². The van der Waals surface area contributed by atoms with E-state index in [1.807, 2.05) is 26.0 Å². The predicted molar refractivity (Wildman–Crippen MR) is 124 cm³/mol. The van der Waals surface area contributed by atoms with Crippen LogP contribution < -0.4 is 4.74 Å². The van der Waals surface area contributed by atoms with Gasteiger partial charge in [-0.25, -0.2) is 8.78 Å². The van der Waals surface area contributed by atoms with Gasteiger partial charge in [0.05, 0.1) is 18.6 Å². The van der Waals surface area contributed by atoms with Gasteiger partial charge in [0.25, 0.3) is 0 Å². The number of benzene rings is 3. The van der Waals surface area contributed by atoms with E-state index in [-0.39, 0.29) is 24.7 Å². The number of aliphatic carboxylic acids is 1. The summed E-state index contributed by atoms with van der Waals surface area (Å²) in [4.78, 5) is 10.8. The summed E-state index contributed by atoms with van der Waals surface area (Å²) < 4.78 is 33.3. The van der Waals surface area contributed by atoms with Crippen LogP contribution in [0.1, 0.15) is 46.6 Å². The van der Waals surface area contributed by atoms with Crippen molar-refractivity contribution >= 4 is 5.97 Å². The van der Waals surface area contributed by atoms with E-state index in [0.29, 0.717) is 5.75 Å². The molecule has 34 heavy (non-hydrogen) atoms. The first-order chi connectivity index (χ1) is 16.1. The van der Waals surface area contributed by atoms with Crippen LogP contribution >= 0.6 is 0 Å². The minimum absolute atomic E-state index is 0.147. The van der Waals surface area contributed by atoms with Crippen LogP contribution in [0.25, 0.3) is 0 Å². The molecule has 0 aliphatic carbocycles. The van der Waals surface area contributed by atoms with E-state index in [4.69, 9.17) is 9.84 Å². The standard InChI is InChI=1S/C27H28F2O5/c1-16-11-17(2)27(34-15-23(31)13-22(30)14-25(32)33)24(12-16)26(18-3-7-20(28)8-4-18)19-5-9-21(29)10-6-19/h3-12,22-23,26,30-31H,13-15H2,1-2H3,(H,32,33)/t22-,23?/m1/s1. The van der Waals surface area contributed by atoms with E-state index in [2.05, 4.69) is 0 Å². The van der Waals surface area contributed by atoms with Crippen LogP contribution in [0.15, 0.2) is 60.7 Å². The van der Waals surface area contributed by atoms with Crippen molar-refractivity contribution in [3.8, 4) is 5.75 Å². The van der Waals surface area contributed by atoms with E-state index in [1.54, 1.807) is 24.3 Å². The van der Waals surface area contributed by atoms with Gasteiger partial charge in [-0.1, -0.05) is 42.0 Å². The Kier molecular flexibility index (Phi) is 8.36. The molecular weight excluding hydrogens is 442 g/mol. The Hall–Kier alpha value is -3.29. The molecule has 0 fully saturated rings. The molecule has 7 heteroatoms. The molecule has 1 unspecified atom stereocenters. The molecule has 0 amide bonds. The third-order valence-corrected chi connectivity index (χ3v) is 5.54. The number of rotatable bonds is 10. The topological polar surface area (TPSA) is 87.0 Å². The Bertz CT molecular complexity index is 1070. The Balaban J connectivity index is 1.98. The number of carbonyl (C=O) groups is 1. The number of aliphatic hydroxyl groups excluding tert-OH is 2. The molecule has 0 saturated heterocycles. The van der Waals surface area contributed by atoms with Crippen LogP contribution in [0.4, 0.5) is 8.78 Å². The summed E-state index contributed by atoms with van der Waals surface area (Å²) in [6.07, 6.45) is -2.89. The highest BCUT2D eigenvalue weighted by Crippen LogP contribution is 2.40. The van der Waals surface area contributed by atoms with Crippen molar-refractivity contribution in [1.29, 1.82) is 0 Å². The van der Waals surface area contributed by atoms with Crippen molar-refractivity contribution in [2.24, 2.45) is 0 Å². The fraction of sp³-hybridized carbons (Fsp3) is 0.296. The molecule has 0 aliphatic rings. The smallest absolute Gasteiger partial charge is 0.305 e. The first kappa shape index (κ1) is 25.3. The Morgan fingerprint density at radius 3 is 1.91 bits per heavy atom. The van der Waals surface area contributed by atoms with Crippen molar-refractivity contribution in [3.05, 3.63) is 100 Å². The second-order valence-corrected chi connectivity index (χ2v) is 8.49. The van der Waals surface area contributed by atoms with Crippen molar-refractivity contribution in [2.75, 3.05) is 6.61 Å². The summed E-state index contributed by atoms with van der Waals surface area (Å²) >= 11 is 0. The molecule has 0 heterocycles. The number of carboxylic acid groups (broad SMARTS) is 1. The predicted octanol–water partition coefficient (Wildman–Crippen LogP) is 4.73. The molecule has 0 bridgehead atoms. The zero-order valence-electron chi connectivity index (χ0n) is 19.0. The van der Waals surface area contributed by atoms with Gasteiger partial charge in [-0.15, -0.1) is 0 Å². The minimum Gasteiger partial charge on any atom is -0.490 e. The van der Waals surface area contributed by atoms with E-state index in [1.165, 1.54) is 24.3 Å². The van der Waals surface area contributed by atoms with E-state index >= 15 is 0 Å². The van der Waals surface area contributed by atoms with Gasteiger partial charge in [0.1, 0.15) is 24.0 Å². The zero-order valence-corrected chi connectivity index (χ0v) is 19.0. The second-order valence-electron chi connectivity index (χ2n) is 8.49. The second kappa shape index (κ2) is 11.2. The van der Waals surface area contributed by atoms with Crippen molar-refractivity contribution < 1.29 is 33.6 Å². The highest BCUT2D eigenvalue weighted by molar-refractivity contribution is 5.67. The van der Waals surface area contributed by atoms with Crippen LogP contribution in [-0.2, 0) is 4.79 Å². The summed E-state index contributed by atoms with van der Waals surface area (Å²) in [5, 5.41) is 28.9. The molecule has 3 rings (SSSR count). The minimum atomic E-state index is -1.19. The number of aryl methyl sites for hydroxylation is 2. The van der Waals surface area contributed by atoms with Crippen LogP contribution in [0.5, 0.6) is 5.75 Å². The lowest BCUT2D eigenvalue weighted by Gasteiger charge is -2.25. The molecule has 0 aliphatic heterocycles. The first-order valence-electron chi connectivity index (χ1n) is 11.0. The molecule has 0 aromatic heterocycles. The third-order valence-electron chi connectivity index (χ3n) is 5.54. The summed E-state index contributed by atoms with van der Waals surface area (Å²) in [7, 11) is 0. The van der Waals surface area contributed by atoms with Crippen molar-refractivity contribution in [3.63, 3.8) is 0 Å². The normalized spacial score (nSPS) is 13.0. The summed E-state index contributed by atoms with van der Waals surface area (Å²) in [5.74, 6) is -1.79. The Labute approximate surface area is 197 Å². The maximum absolute atomic E-state index is 13.6. The zero-order chi connectivity index (χ0) is 24.8. The summed E-state index contributed by atoms with van der Waals surface area (Å²) in [6.45, 7) is 3.64. The van der Waals surface area contributed by atoms with Crippen molar-refractivity contribution in [2.45, 2.75) is 44.8 Å². The van der Waals surface area contributed by atoms with Crippen LogP contribution in [0.3, 0.4) is 0 Å². The van der Waals surface area contributed by atoms with Crippen molar-refractivity contribution in [1.82, 2.24) is 0 Å². The molecule has 2 atom stereocenters. The highest BCUT2D eigenvalue weighted by Gasteiger charge is 2.24. The quantitative estimate of drug-likeness (QED) is 0.373. The maximum atomic E-state index is 13.6. The SMILES string of the molecule is Cc1cc(C)c(OCC(O)C[C@@H](O)CC(=O)O)c(C(c2ccc(F)cc2)c2ccc(F)cc2)c1. The van der Waals surface area contributed by atoms with Gasteiger partial charge < -0.3 is 20.1 Å². The fourth-order valence-electron chi connectivity index (χ4n) is 4.11. The highest BCUT2D eigenvalue weighted by atomic mass is 19.1. The molecule has 5 nitrogen and oxygen atoms in total. The molecule has 0 radical (unpaired) electrons. The average molecular weight is 471 g/mol. The maximum Gasteiger partial charge on any atom is 0.305 e. The fourth-order valence-corrected chi connectivity index (χ4v) is 4.11. The van der Waals surface area contributed by atoms with Crippen LogP contribution in [-0.4, -0.2) is 40.1 Å². The van der Waals surface area contributed by atoms with Crippen LogP contribution in [0.2, 0.25) is 0 Å². The van der Waals surface area contributed by atoms with E-state index in [0.717, 1.165) is 27.8 Å². The molecule has 0 spiro atoms. The monoisotopic (exact) mass is 470 g/mol. The number of carboxylic acids is 1. The lowest BCUT2D eigenvalue weighted by molar-refractivity contribution is -0.139. The molecular formula is C27H28F2O5. The van der Waals surface area contributed by atoms with Gasteiger partial charge in [0.2, 0.25) is 0 Å². The molecule has 3 N–H and O–H groups in total. The third kappa shape index (κ3) is 6.62.